The van der Waals surface area contributed by atoms with Crippen molar-refractivity contribution in [2.24, 2.45) is 0 Å². The third kappa shape index (κ3) is 6.30. The Balaban J connectivity index is 1.56. The molecule has 0 aliphatic carbocycles. The fourth-order valence-electron chi connectivity index (χ4n) is 3.96. The molecule has 4 rings (SSSR count). The number of nitrogens with one attached hydrogen (secondary N) is 2. The third-order valence-electron chi connectivity index (χ3n) is 5.71. The van der Waals surface area contributed by atoms with Crippen molar-refractivity contribution in [2.75, 3.05) is 35.1 Å². The lowest BCUT2D eigenvalue weighted by atomic mass is 10.1. The van der Waals surface area contributed by atoms with Crippen molar-refractivity contribution in [3.8, 4) is 5.75 Å². The zero-order chi connectivity index (χ0) is 24.8. The highest BCUT2D eigenvalue weighted by Crippen LogP contribution is 2.32. The maximum Gasteiger partial charge on any atom is 0.264 e. The minimum absolute atomic E-state index is 0.112. The first kappa shape index (κ1) is 24.5. The Hall–Kier alpha value is -3.60. The summed E-state index contributed by atoms with van der Waals surface area (Å²) in [5.74, 6) is 1.23. The summed E-state index contributed by atoms with van der Waals surface area (Å²) in [6, 6.07) is 11.6. The first-order valence-corrected chi connectivity index (χ1v) is 13.0. The number of carbonyl (C=O) groups is 1. The van der Waals surface area contributed by atoms with Gasteiger partial charge in [0, 0.05) is 37.3 Å². The highest BCUT2D eigenvalue weighted by atomic mass is 32.2. The number of aryl methyl sites for hydroxylation is 2. The van der Waals surface area contributed by atoms with Crippen molar-refractivity contribution < 1.29 is 22.5 Å². The highest BCUT2D eigenvalue weighted by molar-refractivity contribution is 7.92. The zero-order valence-electron chi connectivity index (χ0n) is 19.8. The van der Waals surface area contributed by atoms with Gasteiger partial charge in [0.25, 0.3) is 10.0 Å². The Morgan fingerprint density at radius 2 is 1.80 bits per heavy atom. The molecule has 0 unspecified atom stereocenters. The number of piperidine rings is 1. The summed E-state index contributed by atoms with van der Waals surface area (Å²) < 4.78 is 39.8. The van der Waals surface area contributed by atoms with E-state index in [1.807, 2.05) is 0 Å². The van der Waals surface area contributed by atoms with Gasteiger partial charge in [0.05, 0.1) is 12.8 Å². The van der Waals surface area contributed by atoms with E-state index in [0.717, 1.165) is 32.4 Å². The van der Waals surface area contributed by atoms with E-state index in [1.165, 1.54) is 6.07 Å². The van der Waals surface area contributed by atoms with Crippen LogP contribution >= 0.6 is 0 Å². The predicted octanol–water partition coefficient (Wildman–Crippen LogP) is 3.75. The molecule has 1 saturated heterocycles. The molecule has 1 aliphatic heterocycles. The fraction of sp³-hybridized carbons (Fsp3) is 0.375. The molecule has 0 radical (unpaired) electrons. The molecule has 11 heteroatoms. The van der Waals surface area contributed by atoms with Gasteiger partial charge >= 0.3 is 0 Å². The minimum atomic E-state index is -3.94. The van der Waals surface area contributed by atoms with Gasteiger partial charge in [-0.2, -0.15) is 4.98 Å². The SMILES string of the molecule is COc1ccc(NS(=O)(=O)c2cc(NC(=O)CCc3nc(C)no3)ccc2N2CCCCC2)cc1. The average Bonchev–Trinajstić information content (AvgIpc) is 3.28. The molecule has 2 heterocycles. The maximum atomic E-state index is 13.5. The van der Waals surface area contributed by atoms with E-state index in [2.05, 4.69) is 25.1 Å². The molecule has 0 spiro atoms. The van der Waals surface area contributed by atoms with Gasteiger partial charge in [-0.3, -0.25) is 9.52 Å². The second-order valence-corrected chi connectivity index (χ2v) is 10.00. The van der Waals surface area contributed by atoms with Crippen molar-refractivity contribution in [1.82, 2.24) is 10.1 Å². The number of amides is 1. The number of sulfonamides is 1. The predicted molar refractivity (Wildman–Crippen MR) is 132 cm³/mol. The number of nitrogens with zero attached hydrogens (tertiary/aromatic N) is 3. The Bertz CT molecular complexity index is 1270. The number of hydrogen-bond acceptors (Lipinski definition) is 8. The van der Waals surface area contributed by atoms with Gasteiger partial charge in [0.2, 0.25) is 11.8 Å². The van der Waals surface area contributed by atoms with Gasteiger partial charge in [-0.15, -0.1) is 0 Å². The van der Waals surface area contributed by atoms with Crippen LogP contribution in [0.25, 0.3) is 0 Å². The third-order valence-corrected chi connectivity index (χ3v) is 7.12. The normalized spacial score (nSPS) is 13.9. The fourth-order valence-corrected chi connectivity index (χ4v) is 5.27. The van der Waals surface area contributed by atoms with Gasteiger partial charge in [-0.05, 0) is 68.7 Å². The number of anilines is 3. The van der Waals surface area contributed by atoms with Crippen LogP contribution in [0.5, 0.6) is 5.75 Å². The topological polar surface area (TPSA) is 127 Å². The minimum Gasteiger partial charge on any atom is -0.497 e. The molecule has 10 nitrogen and oxygen atoms in total. The van der Waals surface area contributed by atoms with Gasteiger partial charge in [0.1, 0.15) is 10.6 Å². The summed E-state index contributed by atoms with van der Waals surface area (Å²) in [5.41, 5.74) is 1.43. The van der Waals surface area contributed by atoms with Crippen LogP contribution < -0.4 is 19.7 Å². The number of hydrogen-bond donors (Lipinski definition) is 2. The molecule has 1 aliphatic rings. The summed E-state index contributed by atoms with van der Waals surface area (Å²) in [4.78, 5) is 18.8. The number of rotatable bonds is 9. The van der Waals surface area contributed by atoms with E-state index in [1.54, 1.807) is 50.4 Å². The number of aromatic nitrogens is 2. The van der Waals surface area contributed by atoms with E-state index in [0.29, 0.717) is 40.9 Å². The Morgan fingerprint density at radius 1 is 1.09 bits per heavy atom. The van der Waals surface area contributed by atoms with E-state index in [-0.39, 0.29) is 17.2 Å². The number of ether oxygens (including phenoxy) is 1. The van der Waals surface area contributed by atoms with Crippen LogP contribution in [0.2, 0.25) is 0 Å². The summed E-state index contributed by atoms with van der Waals surface area (Å²) in [6.07, 6.45) is 3.54. The first-order chi connectivity index (χ1) is 16.8. The quantitative estimate of drug-likeness (QED) is 0.456. The molecule has 0 saturated carbocycles. The Kier molecular flexibility index (Phi) is 7.54. The van der Waals surface area contributed by atoms with E-state index in [4.69, 9.17) is 9.26 Å². The van der Waals surface area contributed by atoms with Crippen LogP contribution in [-0.4, -0.2) is 44.7 Å². The molecular formula is C24H29N5O5S. The molecule has 0 bridgehead atoms. The highest BCUT2D eigenvalue weighted by Gasteiger charge is 2.24. The lowest BCUT2D eigenvalue weighted by molar-refractivity contribution is -0.116. The van der Waals surface area contributed by atoms with E-state index in [9.17, 15) is 13.2 Å². The second-order valence-electron chi connectivity index (χ2n) is 8.35. The van der Waals surface area contributed by atoms with Crippen molar-refractivity contribution >= 4 is 33.0 Å². The molecular weight excluding hydrogens is 470 g/mol. The van der Waals surface area contributed by atoms with Gasteiger partial charge < -0.3 is 19.5 Å². The number of carbonyl (C=O) groups excluding carboxylic acids is 1. The molecule has 0 atom stereocenters. The Labute approximate surface area is 204 Å². The summed E-state index contributed by atoms with van der Waals surface area (Å²) in [5, 5.41) is 6.50. The maximum absolute atomic E-state index is 13.5. The van der Waals surface area contributed by atoms with Gasteiger partial charge in [-0.25, -0.2) is 8.42 Å². The van der Waals surface area contributed by atoms with Crippen molar-refractivity contribution in [1.29, 1.82) is 0 Å². The first-order valence-electron chi connectivity index (χ1n) is 11.5. The molecule has 2 N–H and O–H groups in total. The number of methoxy groups -OCH3 is 1. The standard InChI is InChI=1S/C24H29N5O5S/c1-17-25-24(34-27-17)13-12-23(30)26-19-8-11-21(29-14-4-3-5-15-29)22(16-19)35(31,32)28-18-6-9-20(33-2)10-7-18/h6-11,16,28H,3-5,12-15H2,1-2H3,(H,26,30). The molecule has 1 fully saturated rings. The molecule has 1 amide bonds. The van der Waals surface area contributed by atoms with Crippen LogP contribution in [0.1, 0.15) is 37.4 Å². The van der Waals surface area contributed by atoms with Crippen molar-refractivity contribution in [2.45, 2.75) is 43.9 Å². The van der Waals surface area contributed by atoms with E-state index >= 15 is 0 Å². The summed E-state index contributed by atoms with van der Waals surface area (Å²) in [6.45, 7) is 3.26. The summed E-state index contributed by atoms with van der Waals surface area (Å²) >= 11 is 0. The van der Waals surface area contributed by atoms with Crippen LogP contribution in [-0.2, 0) is 21.2 Å². The largest absolute Gasteiger partial charge is 0.497 e. The van der Waals surface area contributed by atoms with Crippen LogP contribution in [0.15, 0.2) is 51.9 Å². The average molecular weight is 500 g/mol. The lowest BCUT2D eigenvalue weighted by Gasteiger charge is -2.30. The van der Waals surface area contributed by atoms with Crippen LogP contribution in [0, 0.1) is 6.92 Å². The summed E-state index contributed by atoms with van der Waals surface area (Å²) in [7, 11) is -2.39. The lowest BCUT2D eigenvalue weighted by Crippen LogP contribution is -2.31. The molecule has 2 aromatic carbocycles. The van der Waals surface area contributed by atoms with Crippen molar-refractivity contribution in [3.05, 3.63) is 54.2 Å². The molecule has 35 heavy (non-hydrogen) atoms. The Morgan fingerprint density at radius 3 is 2.46 bits per heavy atom. The van der Waals surface area contributed by atoms with Gasteiger partial charge in [-0.1, -0.05) is 5.16 Å². The second kappa shape index (κ2) is 10.8. The van der Waals surface area contributed by atoms with Crippen LogP contribution in [0.4, 0.5) is 17.1 Å². The number of benzene rings is 2. The molecule has 1 aromatic heterocycles. The molecule has 3 aromatic rings. The van der Waals surface area contributed by atoms with Crippen LogP contribution in [0.3, 0.4) is 0 Å². The van der Waals surface area contributed by atoms with E-state index < -0.39 is 10.0 Å². The van der Waals surface area contributed by atoms with Crippen molar-refractivity contribution in [3.63, 3.8) is 0 Å². The molecule has 186 valence electrons. The zero-order valence-corrected chi connectivity index (χ0v) is 20.6. The smallest absolute Gasteiger partial charge is 0.264 e. The van der Waals surface area contributed by atoms with Gasteiger partial charge in [0.15, 0.2) is 5.82 Å². The monoisotopic (exact) mass is 499 g/mol.